The van der Waals surface area contributed by atoms with Crippen molar-refractivity contribution in [2.45, 2.75) is 32.6 Å². The number of anilines is 1. The van der Waals surface area contributed by atoms with E-state index in [2.05, 4.69) is 91.1 Å². The normalized spacial score (nSPS) is 12.9. The van der Waals surface area contributed by atoms with Crippen LogP contribution in [-0.2, 0) is 0 Å². The molecule has 0 bridgehead atoms. The number of rotatable bonds is 6. The third-order valence-electron chi connectivity index (χ3n) is 8.97. The van der Waals surface area contributed by atoms with Gasteiger partial charge < -0.3 is 5.32 Å². The smallest absolute Gasteiger partial charge is 0.0895 e. The van der Waals surface area contributed by atoms with Gasteiger partial charge in [-0.3, -0.25) is 0 Å². The average molecular weight is 506 g/mol. The second-order valence-corrected chi connectivity index (χ2v) is 12.1. The van der Waals surface area contributed by atoms with Gasteiger partial charge in [0.1, 0.15) is 0 Å². The summed E-state index contributed by atoms with van der Waals surface area (Å²) in [5.74, 6) is 0. The maximum Gasteiger partial charge on any atom is 0.0895 e. The van der Waals surface area contributed by atoms with E-state index in [9.17, 15) is 0 Å². The van der Waals surface area contributed by atoms with E-state index in [4.69, 9.17) is 0 Å². The predicted molar refractivity (Wildman–Crippen MR) is 169 cm³/mol. The molecule has 0 spiro atoms. The second-order valence-electron chi connectivity index (χ2n) is 11.1. The molecular weight excluding hydrogens is 478 g/mol. The Morgan fingerprint density at radius 3 is 2.13 bits per heavy atom. The van der Waals surface area contributed by atoms with E-state index in [0.717, 1.165) is 6.54 Å². The summed E-state index contributed by atoms with van der Waals surface area (Å²) in [6.07, 6.45) is 5.17. The van der Waals surface area contributed by atoms with Gasteiger partial charge in [0, 0.05) is 22.5 Å². The van der Waals surface area contributed by atoms with E-state index in [1.165, 1.54) is 117 Å². The fourth-order valence-corrected chi connectivity index (χ4v) is 8.42. The lowest BCUT2D eigenvalue weighted by Crippen LogP contribution is -1.99. The van der Waals surface area contributed by atoms with Gasteiger partial charge in [-0.05, 0) is 88.8 Å². The molecule has 0 unspecified atom stereocenters. The maximum absolute atomic E-state index is 3.71. The Balaban J connectivity index is 1.31. The summed E-state index contributed by atoms with van der Waals surface area (Å²) in [4.78, 5) is 1.42. The molecule has 1 N–H and O–H groups in total. The molecule has 7 aromatic carbocycles. The third-order valence-corrected chi connectivity index (χ3v) is 10.1. The van der Waals surface area contributed by atoms with Crippen molar-refractivity contribution in [1.29, 1.82) is 0 Å². The maximum atomic E-state index is 3.71. The number of thiophene rings is 1. The van der Waals surface area contributed by atoms with Crippen molar-refractivity contribution in [3.05, 3.63) is 78.9 Å². The standard InChI is InChI=1S/C36H27NS/c1-2-3-4-5-17-37-30-19-29-26-14-13-24-23-12-11-21-10-9-20-7-6-8-22-18-28(35(23)32(21)31(20)22)25-15-16-27(36(29)38-30)34(26)33(24)25/h6-16,18-19,37H,2-5,17H2,1H3. The monoisotopic (exact) mass is 505 g/mol. The zero-order valence-electron chi connectivity index (χ0n) is 21.4. The molecule has 38 heavy (non-hydrogen) atoms. The first-order valence-corrected chi connectivity index (χ1v) is 14.8. The molecule has 0 saturated carbocycles. The summed E-state index contributed by atoms with van der Waals surface area (Å²) in [6.45, 7) is 3.33. The van der Waals surface area contributed by atoms with Crippen LogP contribution in [0.4, 0.5) is 5.00 Å². The molecule has 0 atom stereocenters. The van der Waals surface area contributed by atoms with Crippen molar-refractivity contribution in [3.8, 4) is 21.6 Å². The highest BCUT2D eigenvalue weighted by molar-refractivity contribution is 7.20. The highest BCUT2D eigenvalue weighted by atomic mass is 32.1. The Morgan fingerprint density at radius 2 is 1.26 bits per heavy atom. The minimum absolute atomic E-state index is 1.06. The lowest BCUT2D eigenvalue weighted by molar-refractivity contribution is 0.685. The first-order chi connectivity index (χ1) is 18.8. The number of unbranched alkanes of at least 4 members (excludes halogenated alkanes) is 3. The number of hydrogen-bond acceptors (Lipinski definition) is 2. The van der Waals surface area contributed by atoms with Gasteiger partial charge >= 0.3 is 0 Å². The lowest BCUT2D eigenvalue weighted by Gasteiger charge is -2.19. The molecular formula is C36H27NS. The zero-order valence-corrected chi connectivity index (χ0v) is 22.3. The van der Waals surface area contributed by atoms with Crippen molar-refractivity contribution < 1.29 is 0 Å². The summed E-state index contributed by atoms with van der Waals surface area (Å²) < 4.78 is 0. The Kier molecular flexibility index (Phi) is 4.21. The molecule has 182 valence electrons. The Bertz CT molecular complexity index is 2170. The van der Waals surface area contributed by atoms with Gasteiger partial charge in [-0.1, -0.05) is 92.9 Å². The van der Waals surface area contributed by atoms with Crippen molar-refractivity contribution in [1.82, 2.24) is 0 Å². The summed E-state index contributed by atoms with van der Waals surface area (Å²) in [5.41, 5.74) is 4.20. The topological polar surface area (TPSA) is 12.0 Å². The molecule has 2 heteroatoms. The highest BCUT2D eigenvalue weighted by Gasteiger charge is 2.27. The van der Waals surface area contributed by atoms with Crippen LogP contribution >= 0.6 is 11.3 Å². The van der Waals surface area contributed by atoms with E-state index in [1.54, 1.807) is 0 Å². The fraction of sp³-hybridized carbons (Fsp3) is 0.167. The summed E-state index contributed by atoms with van der Waals surface area (Å²) in [6, 6.07) is 30.4. The molecule has 0 saturated heterocycles. The van der Waals surface area contributed by atoms with Crippen molar-refractivity contribution in [2.75, 3.05) is 11.9 Å². The second kappa shape index (κ2) is 7.58. The molecule has 0 fully saturated rings. The van der Waals surface area contributed by atoms with E-state index < -0.39 is 0 Å². The highest BCUT2D eigenvalue weighted by Crippen LogP contribution is 2.56. The van der Waals surface area contributed by atoms with Crippen LogP contribution in [-0.4, -0.2) is 6.54 Å². The van der Waals surface area contributed by atoms with Crippen molar-refractivity contribution in [3.63, 3.8) is 0 Å². The summed E-state index contributed by atoms with van der Waals surface area (Å²) in [7, 11) is 0. The van der Waals surface area contributed by atoms with Crippen LogP contribution in [0.5, 0.6) is 0 Å². The molecule has 1 nitrogen and oxygen atoms in total. The van der Waals surface area contributed by atoms with Crippen molar-refractivity contribution >= 4 is 81.0 Å². The zero-order chi connectivity index (χ0) is 25.0. The summed E-state index contributed by atoms with van der Waals surface area (Å²) >= 11 is 1.93. The van der Waals surface area contributed by atoms with Crippen LogP contribution in [0, 0.1) is 0 Å². The summed E-state index contributed by atoms with van der Waals surface area (Å²) in [5, 5.41) is 21.7. The first kappa shape index (κ1) is 21.1. The van der Waals surface area contributed by atoms with Gasteiger partial charge in [-0.15, -0.1) is 11.3 Å². The van der Waals surface area contributed by atoms with Crippen LogP contribution in [0.15, 0.2) is 78.9 Å². The molecule has 1 aliphatic carbocycles. The average Bonchev–Trinajstić information content (AvgIpc) is 3.50. The Labute approximate surface area is 225 Å². The van der Waals surface area contributed by atoms with Gasteiger partial charge in [0.05, 0.1) is 5.00 Å². The van der Waals surface area contributed by atoms with Crippen LogP contribution in [0.3, 0.4) is 0 Å². The minimum Gasteiger partial charge on any atom is -0.377 e. The fourth-order valence-electron chi connectivity index (χ4n) is 7.29. The molecule has 1 heterocycles. The Hall–Kier alpha value is -3.88. The number of nitrogens with one attached hydrogen (secondary N) is 1. The molecule has 8 aromatic rings. The molecule has 0 radical (unpaired) electrons. The number of benzene rings is 7. The van der Waals surface area contributed by atoms with E-state index >= 15 is 0 Å². The Morgan fingerprint density at radius 1 is 0.553 bits per heavy atom. The molecule has 1 aromatic heterocycles. The van der Waals surface area contributed by atoms with E-state index in [0.29, 0.717) is 0 Å². The molecule has 1 aliphatic rings. The van der Waals surface area contributed by atoms with Crippen molar-refractivity contribution in [2.24, 2.45) is 0 Å². The van der Waals surface area contributed by atoms with Crippen LogP contribution in [0.25, 0.3) is 86.2 Å². The van der Waals surface area contributed by atoms with Crippen LogP contribution < -0.4 is 5.32 Å². The SMILES string of the molecule is CCCCCCNc1cc2c(s1)-c1ccc3c4cc5cccc6ccc7ccc(c8ccc-2c1c83)c4c7c65. The lowest BCUT2D eigenvalue weighted by atomic mass is 9.84. The molecule has 0 amide bonds. The molecule has 9 rings (SSSR count). The molecule has 0 aliphatic heterocycles. The van der Waals surface area contributed by atoms with Crippen LogP contribution in [0.1, 0.15) is 32.6 Å². The van der Waals surface area contributed by atoms with Gasteiger partial charge in [0.2, 0.25) is 0 Å². The van der Waals surface area contributed by atoms with Gasteiger partial charge in [0.15, 0.2) is 0 Å². The van der Waals surface area contributed by atoms with Gasteiger partial charge in [-0.2, -0.15) is 0 Å². The number of fused-ring (bicyclic) bond motifs is 5. The van der Waals surface area contributed by atoms with E-state index in [1.807, 2.05) is 11.3 Å². The van der Waals surface area contributed by atoms with E-state index in [-0.39, 0.29) is 0 Å². The predicted octanol–water partition coefficient (Wildman–Crippen LogP) is 11.2. The first-order valence-electron chi connectivity index (χ1n) is 14.0. The third kappa shape index (κ3) is 2.61. The largest absolute Gasteiger partial charge is 0.377 e. The van der Waals surface area contributed by atoms with Crippen LogP contribution in [0.2, 0.25) is 0 Å². The quantitative estimate of drug-likeness (QED) is 0.135. The van der Waals surface area contributed by atoms with Gasteiger partial charge in [-0.25, -0.2) is 0 Å². The minimum atomic E-state index is 1.06. The van der Waals surface area contributed by atoms with Gasteiger partial charge in [0.25, 0.3) is 0 Å². The number of hydrogen-bond donors (Lipinski definition) is 1.